The van der Waals surface area contributed by atoms with Crippen molar-refractivity contribution in [3.05, 3.63) is 23.7 Å². The minimum absolute atomic E-state index is 0.620. The van der Waals surface area contributed by atoms with Gasteiger partial charge in [-0.25, -0.2) is 9.97 Å². The second kappa shape index (κ2) is 6.14. The van der Waals surface area contributed by atoms with E-state index in [1.165, 1.54) is 24.2 Å². The van der Waals surface area contributed by atoms with Crippen LogP contribution >= 0.6 is 0 Å². The molecule has 1 aliphatic heterocycles. The fourth-order valence-corrected chi connectivity index (χ4v) is 3.19. The molecule has 2 aromatic heterocycles. The number of aryl methyl sites for hydroxylation is 1. The van der Waals surface area contributed by atoms with Crippen molar-refractivity contribution in [3.8, 4) is 0 Å². The van der Waals surface area contributed by atoms with Crippen LogP contribution in [0.2, 0.25) is 0 Å². The summed E-state index contributed by atoms with van der Waals surface area (Å²) in [6, 6.07) is 2.16. The van der Waals surface area contributed by atoms with Gasteiger partial charge in [0.05, 0.1) is 0 Å². The molecule has 0 atom stereocenters. The SMILES string of the molecule is Cc1cnc2c(c1)nc(CC(C)C)n2CC1CCNCC1. The molecule has 0 amide bonds. The second-order valence-electron chi connectivity index (χ2n) is 6.79. The number of hydrogen-bond donors (Lipinski definition) is 1. The van der Waals surface area contributed by atoms with Gasteiger partial charge in [-0.1, -0.05) is 13.8 Å². The zero-order valence-corrected chi connectivity index (χ0v) is 13.4. The molecule has 1 fully saturated rings. The molecule has 21 heavy (non-hydrogen) atoms. The van der Waals surface area contributed by atoms with E-state index in [0.717, 1.165) is 43.1 Å². The third-order valence-corrected chi connectivity index (χ3v) is 4.29. The summed E-state index contributed by atoms with van der Waals surface area (Å²) in [6.07, 6.45) is 5.50. The lowest BCUT2D eigenvalue weighted by Gasteiger charge is -2.24. The Morgan fingerprint density at radius 1 is 1.33 bits per heavy atom. The highest BCUT2D eigenvalue weighted by Crippen LogP contribution is 2.22. The lowest BCUT2D eigenvalue weighted by Crippen LogP contribution is -2.30. The number of imidazole rings is 1. The van der Waals surface area contributed by atoms with E-state index in [1.54, 1.807) is 0 Å². The van der Waals surface area contributed by atoms with Gasteiger partial charge in [0.1, 0.15) is 11.3 Å². The van der Waals surface area contributed by atoms with E-state index in [0.29, 0.717) is 5.92 Å². The Kier molecular flexibility index (Phi) is 4.24. The molecule has 114 valence electrons. The van der Waals surface area contributed by atoms with Crippen molar-refractivity contribution in [2.24, 2.45) is 11.8 Å². The van der Waals surface area contributed by atoms with E-state index in [4.69, 9.17) is 4.98 Å². The predicted octanol–water partition coefficient (Wildman–Crippen LogP) is 2.94. The average Bonchev–Trinajstić information content (AvgIpc) is 2.76. The van der Waals surface area contributed by atoms with Crippen LogP contribution in [0, 0.1) is 18.8 Å². The van der Waals surface area contributed by atoms with Gasteiger partial charge in [0.15, 0.2) is 5.65 Å². The highest BCUT2D eigenvalue weighted by Gasteiger charge is 2.19. The molecule has 1 aliphatic rings. The molecule has 0 radical (unpaired) electrons. The van der Waals surface area contributed by atoms with E-state index in [2.05, 4.69) is 41.7 Å². The molecule has 4 nitrogen and oxygen atoms in total. The minimum Gasteiger partial charge on any atom is -0.317 e. The predicted molar refractivity (Wildman–Crippen MR) is 86.4 cm³/mol. The smallest absolute Gasteiger partial charge is 0.160 e. The summed E-state index contributed by atoms with van der Waals surface area (Å²) in [6.45, 7) is 9.95. The lowest BCUT2D eigenvalue weighted by molar-refractivity contribution is 0.331. The molecule has 0 unspecified atom stereocenters. The van der Waals surface area contributed by atoms with Crippen LogP contribution in [0.15, 0.2) is 12.3 Å². The Bertz CT molecular complexity index is 609. The van der Waals surface area contributed by atoms with Gasteiger partial charge in [0.25, 0.3) is 0 Å². The van der Waals surface area contributed by atoms with Gasteiger partial charge in [-0.3, -0.25) is 0 Å². The molecule has 2 aromatic rings. The number of rotatable bonds is 4. The molecule has 0 aromatic carbocycles. The fourth-order valence-electron chi connectivity index (χ4n) is 3.19. The number of nitrogens with zero attached hydrogens (tertiary/aromatic N) is 3. The minimum atomic E-state index is 0.620. The highest BCUT2D eigenvalue weighted by atomic mass is 15.1. The molecule has 4 heteroatoms. The van der Waals surface area contributed by atoms with E-state index in [-0.39, 0.29) is 0 Å². The van der Waals surface area contributed by atoms with Crippen LogP contribution in [0.25, 0.3) is 11.2 Å². The van der Waals surface area contributed by atoms with Crippen LogP contribution in [0.4, 0.5) is 0 Å². The van der Waals surface area contributed by atoms with Crippen molar-refractivity contribution in [2.45, 2.75) is 46.6 Å². The lowest BCUT2D eigenvalue weighted by atomic mass is 9.98. The Morgan fingerprint density at radius 3 is 2.81 bits per heavy atom. The maximum atomic E-state index is 4.86. The quantitative estimate of drug-likeness (QED) is 0.939. The Balaban J connectivity index is 1.95. The van der Waals surface area contributed by atoms with Crippen molar-refractivity contribution in [2.75, 3.05) is 13.1 Å². The van der Waals surface area contributed by atoms with Gasteiger partial charge in [0.2, 0.25) is 0 Å². The molecule has 3 rings (SSSR count). The van der Waals surface area contributed by atoms with Gasteiger partial charge in [-0.15, -0.1) is 0 Å². The Morgan fingerprint density at radius 2 is 2.10 bits per heavy atom. The van der Waals surface area contributed by atoms with Crippen molar-refractivity contribution in [3.63, 3.8) is 0 Å². The summed E-state index contributed by atoms with van der Waals surface area (Å²) in [5.74, 6) is 2.57. The Labute approximate surface area is 127 Å². The van der Waals surface area contributed by atoms with Crippen LogP contribution in [-0.2, 0) is 13.0 Å². The first-order valence-corrected chi connectivity index (χ1v) is 8.16. The molecule has 0 spiro atoms. The summed E-state index contributed by atoms with van der Waals surface area (Å²) in [5.41, 5.74) is 3.31. The fraction of sp³-hybridized carbons (Fsp3) is 0.647. The van der Waals surface area contributed by atoms with Gasteiger partial charge in [-0.05, 0) is 56.3 Å². The standard InChI is InChI=1S/C17H26N4/c1-12(2)8-16-20-15-9-13(3)10-19-17(15)21(16)11-14-4-6-18-7-5-14/h9-10,12,14,18H,4-8,11H2,1-3H3. The van der Waals surface area contributed by atoms with Crippen molar-refractivity contribution in [1.82, 2.24) is 19.9 Å². The van der Waals surface area contributed by atoms with E-state index < -0.39 is 0 Å². The summed E-state index contributed by atoms with van der Waals surface area (Å²) in [5, 5.41) is 3.45. The number of nitrogens with one attached hydrogen (secondary N) is 1. The van der Waals surface area contributed by atoms with Gasteiger partial charge < -0.3 is 9.88 Å². The van der Waals surface area contributed by atoms with Crippen LogP contribution in [0.5, 0.6) is 0 Å². The summed E-state index contributed by atoms with van der Waals surface area (Å²) >= 11 is 0. The van der Waals surface area contributed by atoms with Crippen LogP contribution < -0.4 is 5.32 Å². The van der Waals surface area contributed by atoms with Gasteiger partial charge in [-0.2, -0.15) is 0 Å². The van der Waals surface area contributed by atoms with E-state index in [9.17, 15) is 0 Å². The second-order valence-corrected chi connectivity index (χ2v) is 6.79. The third kappa shape index (κ3) is 3.26. The molecule has 1 saturated heterocycles. The molecular weight excluding hydrogens is 260 g/mol. The van der Waals surface area contributed by atoms with Crippen molar-refractivity contribution >= 4 is 11.2 Å². The van der Waals surface area contributed by atoms with Crippen LogP contribution in [-0.4, -0.2) is 27.6 Å². The maximum absolute atomic E-state index is 4.86. The van der Waals surface area contributed by atoms with E-state index in [1.807, 2.05) is 6.20 Å². The number of fused-ring (bicyclic) bond motifs is 1. The maximum Gasteiger partial charge on any atom is 0.160 e. The number of aromatic nitrogens is 3. The van der Waals surface area contributed by atoms with Gasteiger partial charge in [0, 0.05) is 19.2 Å². The first kappa shape index (κ1) is 14.5. The van der Waals surface area contributed by atoms with Crippen LogP contribution in [0.1, 0.15) is 38.1 Å². The Hall–Kier alpha value is -1.42. The summed E-state index contributed by atoms with van der Waals surface area (Å²) in [4.78, 5) is 9.52. The topological polar surface area (TPSA) is 42.7 Å². The first-order valence-electron chi connectivity index (χ1n) is 8.16. The van der Waals surface area contributed by atoms with Crippen LogP contribution in [0.3, 0.4) is 0 Å². The first-order chi connectivity index (χ1) is 10.1. The zero-order valence-electron chi connectivity index (χ0n) is 13.4. The summed E-state index contributed by atoms with van der Waals surface area (Å²) < 4.78 is 2.38. The molecule has 0 aliphatic carbocycles. The number of pyridine rings is 1. The normalized spacial score (nSPS) is 17.0. The molecular formula is C17H26N4. The largest absolute Gasteiger partial charge is 0.317 e. The molecule has 3 heterocycles. The average molecular weight is 286 g/mol. The zero-order chi connectivity index (χ0) is 14.8. The van der Waals surface area contributed by atoms with Crippen molar-refractivity contribution < 1.29 is 0 Å². The summed E-state index contributed by atoms with van der Waals surface area (Å²) in [7, 11) is 0. The molecule has 1 N–H and O–H groups in total. The molecule has 0 bridgehead atoms. The monoisotopic (exact) mass is 286 g/mol. The van der Waals surface area contributed by atoms with Gasteiger partial charge >= 0.3 is 0 Å². The highest BCUT2D eigenvalue weighted by molar-refractivity contribution is 5.72. The third-order valence-electron chi connectivity index (χ3n) is 4.29. The van der Waals surface area contributed by atoms with E-state index >= 15 is 0 Å². The number of hydrogen-bond acceptors (Lipinski definition) is 3. The number of piperidine rings is 1. The van der Waals surface area contributed by atoms with Crippen molar-refractivity contribution in [1.29, 1.82) is 0 Å². The molecule has 0 saturated carbocycles.